The van der Waals surface area contributed by atoms with Crippen LogP contribution in [-0.2, 0) is 32.7 Å². The van der Waals surface area contributed by atoms with Crippen LogP contribution < -0.4 is 10.9 Å². The van der Waals surface area contributed by atoms with Crippen molar-refractivity contribution in [1.29, 1.82) is 5.41 Å². The van der Waals surface area contributed by atoms with Crippen LogP contribution >= 0.6 is 7.60 Å². The molecule has 1 aliphatic rings. The Morgan fingerprint density at radius 3 is 2.28 bits per heavy atom. The monoisotopic (exact) mass is 537 g/mol. The predicted octanol–water partition coefficient (Wildman–Crippen LogP) is -1.73. The van der Waals surface area contributed by atoms with Gasteiger partial charge in [-0.15, -0.1) is 5.10 Å². The van der Waals surface area contributed by atoms with Gasteiger partial charge in [-0.25, -0.2) is 9.59 Å². The molecule has 36 heavy (non-hydrogen) atoms. The number of nitrogens with one attached hydrogen (secondary N) is 2. The molecular weight excluding hydrogens is 509 g/mol. The average Bonchev–Trinajstić information content (AvgIpc) is 3.11. The number of carbonyl (C=O) groups excluding carboxylic acids is 1. The van der Waals surface area contributed by atoms with Gasteiger partial charge in [0.2, 0.25) is 5.78 Å². The van der Waals surface area contributed by atoms with E-state index in [1.54, 1.807) is 0 Å². The number of carboxylic acid groups (broad SMARTS) is 1. The third-order valence-electron chi connectivity index (χ3n) is 4.82. The lowest BCUT2D eigenvalue weighted by atomic mass is 10.1. The van der Waals surface area contributed by atoms with Crippen molar-refractivity contribution in [2.24, 2.45) is 0 Å². The molecule has 0 spiro atoms. The summed E-state index contributed by atoms with van der Waals surface area (Å²) in [5, 5.41) is 56.7. The van der Waals surface area contributed by atoms with Gasteiger partial charge in [0.05, 0.1) is 26.4 Å². The molecule has 1 aliphatic heterocycles. The number of esters is 1. The second-order valence-electron chi connectivity index (χ2n) is 7.15. The Balaban J connectivity index is 2.69. The fourth-order valence-electron chi connectivity index (χ4n) is 3.21. The van der Waals surface area contributed by atoms with Crippen LogP contribution in [0.15, 0.2) is 4.79 Å². The van der Waals surface area contributed by atoms with Crippen molar-refractivity contribution in [3.8, 4) is 0 Å². The summed E-state index contributed by atoms with van der Waals surface area (Å²) < 4.78 is 33.7. The maximum atomic E-state index is 13.4. The first-order valence-corrected chi connectivity index (χ1v) is 12.3. The quantitative estimate of drug-likeness (QED) is 0.0928. The molecule has 202 valence electrons. The smallest absolute Gasteiger partial charge is 0.364 e. The minimum Gasteiger partial charge on any atom is -0.479 e. The second kappa shape index (κ2) is 12.4. The van der Waals surface area contributed by atoms with Crippen molar-refractivity contribution in [2.75, 3.05) is 31.7 Å². The fraction of sp³-hybridized carbons (Fsp3) is 0.667. The van der Waals surface area contributed by atoms with Crippen LogP contribution in [0.3, 0.4) is 0 Å². The number of anilines is 1. The molecule has 17 nitrogen and oxygen atoms in total. The van der Waals surface area contributed by atoms with Crippen LogP contribution in [0.4, 0.5) is 5.69 Å². The van der Waals surface area contributed by atoms with E-state index in [2.05, 4.69) is 15.6 Å². The molecule has 0 radical (unpaired) electrons. The van der Waals surface area contributed by atoms with Crippen molar-refractivity contribution >= 4 is 30.9 Å². The number of carbonyl (C=O) groups is 2. The molecule has 1 aromatic rings. The number of aromatic nitrogens is 3. The summed E-state index contributed by atoms with van der Waals surface area (Å²) in [4.78, 5) is 37.5. The summed E-state index contributed by atoms with van der Waals surface area (Å²) in [7, 11) is -4.48. The van der Waals surface area contributed by atoms with E-state index in [1.165, 1.54) is 20.8 Å². The van der Waals surface area contributed by atoms with Crippen molar-refractivity contribution < 1.29 is 53.1 Å². The Morgan fingerprint density at radius 1 is 1.19 bits per heavy atom. The van der Waals surface area contributed by atoms with E-state index in [9.17, 15) is 39.4 Å². The van der Waals surface area contributed by atoms with Crippen LogP contribution in [0.25, 0.3) is 0 Å². The molecule has 0 saturated carbocycles. The first-order chi connectivity index (χ1) is 17.0. The zero-order valence-corrected chi connectivity index (χ0v) is 20.5. The molecule has 0 aliphatic carbocycles. The average molecular weight is 537 g/mol. The summed E-state index contributed by atoms with van der Waals surface area (Å²) in [6.07, 6.45) is -6.39. The Morgan fingerprint density at radius 2 is 1.81 bits per heavy atom. The number of ether oxygens (including phenoxy) is 2. The van der Waals surface area contributed by atoms with Crippen LogP contribution in [0, 0.1) is 5.41 Å². The molecule has 5 unspecified atom stereocenters. The zero-order chi connectivity index (χ0) is 27.2. The number of aliphatic carboxylic acids is 1. The zero-order valence-electron chi connectivity index (χ0n) is 19.6. The minimum atomic E-state index is -4.48. The summed E-state index contributed by atoms with van der Waals surface area (Å²) in [5.74, 6) is -5.21. The number of nitrogens with zero attached hydrogens (tertiary/aromatic N) is 3. The number of hydrogen-bond donors (Lipinski definition) is 6. The van der Waals surface area contributed by atoms with Gasteiger partial charge in [0.1, 0.15) is 29.7 Å². The first-order valence-electron chi connectivity index (χ1n) is 10.7. The molecule has 6 N–H and O–H groups in total. The van der Waals surface area contributed by atoms with Gasteiger partial charge in [0, 0.05) is 0 Å². The highest BCUT2D eigenvalue weighted by Gasteiger charge is 2.46. The lowest BCUT2D eigenvalue weighted by molar-refractivity contribution is -0.136. The fourth-order valence-corrected chi connectivity index (χ4v) is 4.86. The van der Waals surface area contributed by atoms with E-state index in [1.807, 2.05) is 0 Å². The van der Waals surface area contributed by atoms with Gasteiger partial charge >= 0.3 is 19.5 Å². The largest absolute Gasteiger partial charge is 0.479 e. The number of aliphatic hydroxyl groups is 3. The van der Waals surface area contributed by atoms with E-state index >= 15 is 0 Å². The molecule has 5 atom stereocenters. The highest BCUT2D eigenvalue weighted by Crippen LogP contribution is 2.53. The molecule has 1 aromatic heterocycles. The van der Waals surface area contributed by atoms with E-state index < -0.39 is 79.1 Å². The first kappa shape index (κ1) is 29.4. The van der Waals surface area contributed by atoms with E-state index in [0.29, 0.717) is 4.68 Å². The summed E-state index contributed by atoms with van der Waals surface area (Å²) in [6.45, 7) is 2.99. The molecule has 18 heteroatoms. The Bertz CT molecular complexity index is 1070. The molecule has 0 amide bonds. The van der Waals surface area contributed by atoms with Gasteiger partial charge in [-0.2, -0.15) is 4.68 Å². The third-order valence-corrected chi connectivity index (χ3v) is 7.04. The van der Waals surface area contributed by atoms with E-state index in [-0.39, 0.29) is 19.8 Å². The molecule has 0 bridgehead atoms. The van der Waals surface area contributed by atoms with Gasteiger partial charge in [-0.3, -0.25) is 14.8 Å². The highest BCUT2D eigenvalue weighted by molar-refractivity contribution is 7.55. The Labute approximate surface area is 204 Å². The predicted molar refractivity (Wildman–Crippen MR) is 119 cm³/mol. The van der Waals surface area contributed by atoms with Gasteiger partial charge in [0.25, 0.3) is 5.56 Å². The van der Waals surface area contributed by atoms with Crippen molar-refractivity contribution in [1.82, 2.24) is 15.0 Å². The van der Waals surface area contributed by atoms with Crippen molar-refractivity contribution in [2.45, 2.75) is 51.1 Å². The standard InChI is InChI=1S/C18H28N5O12P/c1-4-32-18(30)9(19)10-11(20-14(17(28)29)36(31,33-5-2)34-6-3)15(27)23(22-21-10)16-13(26)12(25)8(7-24)35-16/h8,12-14,16,19-20,24-26H,4-7H2,1-3H3,(H,28,29). The lowest BCUT2D eigenvalue weighted by Gasteiger charge is -2.25. The Kier molecular flexibility index (Phi) is 10.2. The number of rotatable bonds is 13. The maximum Gasteiger partial charge on any atom is 0.364 e. The highest BCUT2D eigenvalue weighted by atomic mass is 31.2. The molecule has 2 rings (SSSR count). The SMILES string of the molecule is CCOC(=O)C(=N)c1nnn(C2OC(CO)C(O)C2O)c(=O)c1NC(C(=O)O)P(=O)(OCC)OCC. The molecule has 2 heterocycles. The molecule has 1 saturated heterocycles. The third kappa shape index (κ3) is 5.95. The number of aliphatic hydroxyl groups excluding tert-OH is 3. The Hall–Kier alpha value is -2.79. The van der Waals surface area contributed by atoms with Crippen molar-refractivity contribution in [3.05, 3.63) is 16.0 Å². The topological polar surface area (TPSA) is 253 Å². The molecule has 1 fully saturated rings. The van der Waals surface area contributed by atoms with Gasteiger partial charge in [0.15, 0.2) is 11.9 Å². The van der Waals surface area contributed by atoms with Crippen LogP contribution in [0.1, 0.15) is 32.7 Å². The van der Waals surface area contributed by atoms with Crippen molar-refractivity contribution in [3.63, 3.8) is 0 Å². The summed E-state index contributed by atoms with van der Waals surface area (Å²) in [5.41, 5.74) is -3.90. The van der Waals surface area contributed by atoms with Gasteiger partial charge in [-0.05, 0) is 20.8 Å². The van der Waals surface area contributed by atoms with E-state index in [0.717, 1.165) is 0 Å². The van der Waals surface area contributed by atoms with Crippen LogP contribution in [0.2, 0.25) is 0 Å². The normalized spacial score (nSPS) is 22.7. The summed E-state index contributed by atoms with van der Waals surface area (Å²) >= 11 is 0. The molecule has 0 aromatic carbocycles. The molecular formula is C18H28N5O12P. The van der Waals surface area contributed by atoms with Gasteiger partial charge in [-0.1, -0.05) is 5.21 Å². The number of carboxylic acids is 1. The minimum absolute atomic E-state index is 0.140. The van der Waals surface area contributed by atoms with E-state index in [4.69, 9.17) is 23.9 Å². The van der Waals surface area contributed by atoms with Crippen LogP contribution in [0.5, 0.6) is 0 Å². The van der Waals surface area contributed by atoms with Crippen LogP contribution in [-0.4, -0.2) is 104 Å². The maximum absolute atomic E-state index is 13.4. The van der Waals surface area contributed by atoms with Gasteiger partial charge < -0.3 is 44.3 Å². The lowest BCUT2D eigenvalue weighted by Crippen LogP contribution is -2.41. The second-order valence-corrected chi connectivity index (χ2v) is 9.26. The summed E-state index contributed by atoms with van der Waals surface area (Å²) in [6, 6.07) is 0. The number of hydrogen-bond acceptors (Lipinski definition) is 15.